The smallest absolute Gasteiger partial charge is 0.299 e. The lowest BCUT2D eigenvalue weighted by molar-refractivity contribution is 0.0847. The summed E-state index contributed by atoms with van der Waals surface area (Å²) in [6.07, 6.45) is 0. The molecular formula is C8H7BrO5S. The van der Waals surface area contributed by atoms with E-state index in [0.717, 1.165) is 0 Å². The first-order chi connectivity index (χ1) is 6.84. The number of aliphatic hydroxyl groups is 1. The van der Waals surface area contributed by atoms with E-state index in [1.54, 1.807) is 6.07 Å². The van der Waals surface area contributed by atoms with Crippen molar-refractivity contribution in [1.82, 2.24) is 0 Å². The van der Waals surface area contributed by atoms with Crippen molar-refractivity contribution in [2.24, 2.45) is 0 Å². The van der Waals surface area contributed by atoms with Crippen LogP contribution in [0.5, 0.6) is 0 Å². The van der Waals surface area contributed by atoms with E-state index >= 15 is 0 Å². The summed E-state index contributed by atoms with van der Waals surface area (Å²) in [7, 11) is -4.78. The van der Waals surface area contributed by atoms with E-state index in [4.69, 9.17) is 9.66 Å². The first kappa shape index (κ1) is 12.3. The van der Waals surface area contributed by atoms with E-state index in [1.165, 1.54) is 18.2 Å². The van der Waals surface area contributed by atoms with Crippen LogP contribution >= 0.6 is 15.9 Å². The molecule has 1 rings (SSSR count). The quantitative estimate of drug-likeness (QED) is 0.637. The van der Waals surface area contributed by atoms with Gasteiger partial charge in [-0.3, -0.25) is 9.35 Å². The van der Waals surface area contributed by atoms with E-state index in [2.05, 4.69) is 15.9 Å². The molecule has 7 heteroatoms. The van der Waals surface area contributed by atoms with Crippen molar-refractivity contribution < 1.29 is 22.9 Å². The van der Waals surface area contributed by atoms with Crippen molar-refractivity contribution in [1.29, 1.82) is 0 Å². The van der Waals surface area contributed by atoms with E-state index in [0.29, 0.717) is 4.47 Å². The minimum absolute atomic E-state index is 0.0115. The van der Waals surface area contributed by atoms with Gasteiger partial charge in [-0.25, -0.2) is 0 Å². The van der Waals surface area contributed by atoms with Crippen LogP contribution in [0.4, 0.5) is 0 Å². The lowest BCUT2D eigenvalue weighted by atomic mass is 10.1. The largest absolute Gasteiger partial charge is 0.369 e. The van der Waals surface area contributed by atoms with Gasteiger partial charge in [-0.1, -0.05) is 34.1 Å². The van der Waals surface area contributed by atoms with Crippen LogP contribution in [0, 0.1) is 0 Å². The molecule has 0 saturated heterocycles. The lowest BCUT2D eigenvalue weighted by Crippen LogP contribution is -2.29. The molecule has 1 aromatic rings. The number of hydrogen-bond acceptors (Lipinski definition) is 4. The van der Waals surface area contributed by atoms with Crippen LogP contribution in [0.1, 0.15) is 10.4 Å². The van der Waals surface area contributed by atoms with Crippen molar-refractivity contribution in [2.45, 2.75) is 5.44 Å². The molecule has 0 radical (unpaired) electrons. The molecule has 5 nitrogen and oxygen atoms in total. The van der Waals surface area contributed by atoms with Gasteiger partial charge in [0, 0.05) is 10.0 Å². The summed E-state index contributed by atoms with van der Waals surface area (Å²) in [5.74, 6) is -1.08. The van der Waals surface area contributed by atoms with Crippen LogP contribution in [0.25, 0.3) is 0 Å². The van der Waals surface area contributed by atoms with Gasteiger partial charge in [-0.2, -0.15) is 8.42 Å². The zero-order valence-electron chi connectivity index (χ0n) is 7.29. The molecule has 0 aliphatic carbocycles. The second-order valence-corrected chi connectivity index (χ2v) is 5.04. The zero-order chi connectivity index (χ0) is 11.6. The minimum Gasteiger partial charge on any atom is -0.369 e. The molecular weight excluding hydrogens is 288 g/mol. The molecule has 0 aliphatic heterocycles. The molecule has 2 N–H and O–H groups in total. The maximum atomic E-state index is 11.4. The molecule has 0 bridgehead atoms. The molecule has 0 fully saturated rings. The highest BCUT2D eigenvalue weighted by Gasteiger charge is 2.30. The molecule has 0 aromatic heterocycles. The van der Waals surface area contributed by atoms with Gasteiger partial charge in [0.05, 0.1) is 0 Å². The number of hydrogen-bond donors (Lipinski definition) is 2. The first-order valence-electron chi connectivity index (χ1n) is 3.77. The highest BCUT2D eigenvalue weighted by molar-refractivity contribution is 9.10. The number of benzene rings is 1. The van der Waals surface area contributed by atoms with E-state index in [1.807, 2.05) is 0 Å². The van der Waals surface area contributed by atoms with Crippen LogP contribution in [0.15, 0.2) is 28.7 Å². The Bertz CT molecular complexity index is 482. The number of rotatable bonds is 3. The normalized spacial score (nSPS) is 13.5. The fourth-order valence-corrected chi connectivity index (χ4v) is 1.81. The molecule has 1 aromatic carbocycles. The first-order valence-corrected chi connectivity index (χ1v) is 6.07. The standard InChI is InChI=1S/C8H7BrO5S/c9-6-4-2-1-3-5(6)7(10)8(11)15(12,13)14/h1-4,8,11H,(H,12,13,14). The van der Waals surface area contributed by atoms with Gasteiger partial charge in [-0.15, -0.1) is 0 Å². The van der Waals surface area contributed by atoms with Crippen LogP contribution in [0.3, 0.4) is 0 Å². The number of carbonyl (C=O) groups is 1. The topological polar surface area (TPSA) is 91.7 Å². The maximum absolute atomic E-state index is 11.4. The second kappa shape index (κ2) is 4.40. The number of halogens is 1. The monoisotopic (exact) mass is 294 g/mol. The van der Waals surface area contributed by atoms with Crippen molar-refractivity contribution in [3.05, 3.63) is 34.3 Å². The Hall–Kier alpha value is -0.760. The van der Waals surface area contributed by atoms with Crippen molar-refractivity contribution in [3.8, 4) is 0 Å². The van der Waals surface area contributed by atoms with Gasteiger partial charge < -0.3 is 5.11 Å². The van der Waals surface area contributed by atoms with Crippen LogP contribution in [-0.2, 0) is 10.1 Å². The second-order valence-electron chi connectivity index (χ2n) is 2.71. The molecule has 15 heavy (non-hydrogen) atoms. The van der Waals surface area contributed by atoms with Crippen LogP contribution in [-0.4, -0.2) is 29.3 Å². The lowest BCUT2D eigenvalue weighted by Gasteiger charge is -2.07. The molecule has 1 unspecified atom stereocenters. The Labute approximate surface area is 94.6 Å². The van der Waals surface area contributed by atoms with Crippen molar-refractivity contribution >= 4 is 31.8 Å². The van der Waals surface area contributed by atoms with Crippen molar-refractivity contribution in [2.75, 3.05) is 0 Å². The van der Waals surface area contributed by atoms with Gasteiger partial charge >= 0.3 is 0 Å². The summed E-state index contributed by atoms with van der Waals surface area (Å²) in [5, 5.41) is 9.02. The number of Topliss-reactive ketones (excluding diaryl/α,β-unsaturated/α-hetero) is 1. The number of carbonyl (C=O) groups excluding carboxylic acids is 1. The summed E-state index contributed by atoms with van der Waals surface area (Å²) in [5.41, 5.74) is -2.46. The molecule has 1 atom stereocenters. The van der Waals surface area contributed by atoms with E-state index < -0.39 is 21.3 Å². The Balaban J connectivity index is 3.12. The highest BCUT2D eigenvalue weighted by Crippen LogP contribution is 2.18. The summed E-state index contributed by atoms with van der Waals surface area (Å²) in [6.45, 7) is 0. The predicted octanol–water partition coefficient (Wildman–Crippen LogP) is 0.838. The molecule has 0 saturated carbocycles. The fraction of sp³-hybridized carbons (Fsp3) is 0.125. The number of ketones is 1. The van der Waals surface area contributed by atoms with Crippen molar-refractivity contribution in [3.63, 3.8) is 0 Å². The highest BCUT2D eigenvalue weighted by atomic mass is 79.9. The summed E-state index contributed by atoms with van der Waals surface area (Å²) >= 11 is 3.02. The predicted molar refractivity (Wildman–Crippen MR) is 56.0 cm³/mol. The Kier molecular flexibility index (Phi) is 3.61. The third kappa shape index (κ3) is 2.85. The molecule has 0 spiro atoms. The van der Waals surface area contributed by atoms with Gasteiger partial charge in [0.2, 0.25) is 11.2 Å². The SMILES string of the molecule is O=C(c1ccccc1Br)C(O)S(=O)(=O)O. The van der Waals surface area contributed by atoms with Gasteiger partial charge in [0.15, 0.2) is 0 Å². The minimum atomic E-state index is -4.78. The van der Waals surface area contributed by atoms with Gasteiger partial charge in [0.1, 0.15) is 0 Å². The summed E-state index contributed by atoms with van der Waals surface area (Å²) in [6, 6.07) is 5.99. The average molecular weight is 295 g/mol. The Morgan fingerprint density at radius 1 is 1.33 bits per heavy atom. The Morgan fingerprint density at radius 3 is 2.33 bits per heavy atom. The average Bonchev–Trinajstić information content (AvgIpc) is 2.15. The summed E-state index contributed by atoms with van der Waals surface area (Å²) < 4.78 is 29.9. The summed E-state index contributed by atoms with van der Waals surface area (Å²) in [4.78, 5) is 11.4. The molecule has 0 aliphatic rings. The molecule has 0 amide bonds. The van der Waals surface area contributed by atoms with E-state index in [-0.39, 0.29) is 5.56 Å². The molecule has 0 heterocycles. The number of aliphatic hydroxyl groups excluding tert-OH is 1. The van der Waals surface area contributed by atoms with Gasteiger partial charge in [-0.05, 0) is 6.07 Å². The van der Waals surface area contributed by atoms with Gasteiger partial charge in [0.25, 0.3) is 10.1 Å². The van der Waals surface area contributed by atoms with E-state index in [9.17, 15) is 13.2 Å². The van der Waals surface area contributed by atoms with Crippen LogP contribution < -0.4 is 0 Å². The maximum Gasteiger partial charge on any atom is 0.299 e. The third-order valence-electron chi connectivity index (χ3n) is 1.65. The fourth-order valence-electron chi connectivity index (χ4n) is 0.929. The third-order valence-corrected chi connectivity index (χ3v) is 3.12. The zero-order valence-corrected chi connectivity index (χ0v) is 9.69. The molecule has 82 valence electrons. The Morgan fingerprint density at radius 2 is 1.87 bits per heavy atom. The van der Waals surface area contributed by atoms with Crippen LogP contribution in [0.2, 0.25) is 0 Å².